The van der Waals surface area contributed by atoms with Gasteiger partial charge in [0.2, 0.25) is 0 Å². The van der Waals surface area contributed by atoms with Crippen LogP contribution in [0.3, 0.4) is 0 Å². The zero-order valence-electron chi connectivity index (χ0n) is 13.4. The summed E-state index contributed by atoms with van der Waals surface area (Å²) < 4.78 is 6.12. The second-order valence-electron chi connectivity index (χ2n) is 6.07. The number of aromatic hydroxyl groups is 1. The molecule has 2 aromatic carbocycles. The molecule has 0 saturated heterocycles. The third kappa shape index (κ3) is 3.14. The smallest absolute Gasteiger partial charge is 0.170 e. The highest BCUT2D eigenvalue weighted by atomic mass is 16.5. The molecule has 0 spiro atoms. The van der Waals surface area contributed by atoms with Gasteiger partial charge in [0.25, 0.3) is 0 Å². The van der Waals surface area contributed by atoms with Gasteiger partial charge in [-0.25, -0.2) is 0 Å². The first-order valence-corrected chi connectivity index (χ1v) is 7.79. The summed E-state index contributed by atoms with van der Waals surface area (Å²) >= 11 is 0. The van der Waals surface area contributed by atoms with E-state index in [4.69, 9.17) is 4.74 Å². The second kappa shape index (κ2) is 6.29. The number of phenols is 1. The van der Waals surface area contributed by atoms with Gasteiger partial charge in [0, 0.05) is 5.56 Å². The minimum atomic E-state index is -0.302. The number of fused-ring (bicyclic) bond motifs is 1. The largest absolute Gasteiger partial charge is 0.508 e. The zero-order valence-corrected chi connectivity index (χ0v) is 13.4. The Balaban J connectivity index is 2.02. The average molecular weight is 308 g/mol. The molecule has 0 radical (unpaired) electrons. The summed E-state index contributed by atoms with van der Waals surface area (Å²) in [7, 11) is 0. The summed E-state index contributed by atoms with van der Waals surface area (Å²) in [5.74, 6) is 0.744. The summed E-state index contributed by atoms with van der Waals surface area (Å²) in [5.41, 5.74) is 3.37. The van der Waals surface area contributed by atoms with Gasteiger partial charge >= 0.3 is 0 Å². The Morgan fingerprint density at radius 2 is 1.96 bits per heavy atom. The standard InChI is InChI=1S/C20H20O3/c1-13(2)8-9-15-17(21)11-10-16-18(22)12-19(23-20(15)16)14-6-4-3-5-7-14/h3-8,10-11,19,21H,9,12H2,1-2H3/t19-/m1/s1. The molecular formula is C20H20O3. The molecule has 0 unspecified atom stereocenters. The molecule has 1 aliphatic heterocycles. The molecule has 3 heteroatoms. The molecule has 0 aromatic heterocycles. The van der Waals surface area contributed by atoms with Crippen LogP contribution >= 0.6 is 0 Å². The van der Waals surface area contributed by atoms with Crippen LogP contribution in [0.5, 0.6) is 11.5 Å². The molecule has 0 fully saturated rings. The molecule has 0 aliphatic carbocycles. The van der Waals surface area contributed by atoms with Crippen LogP contribution in [0, 0.1) is 0 Å². The zero-order chi connectivity index (χ0) is 16.4. The number of hydrogen-bond acceptors (Lipinski definition) is 3. The number of hydrogen-bond donors (Lipinski definition) is 1. The van der Waals surface area contributed by atoms with Crippen molar-refractivity contribution in [3.8, 4) is 11.5 Å². The van der Waals surface area contributed by atoms with Gasteiger partial charge < -0.3 is 9.84 Å². The lowest BCUT2D eigenvalue weighted by Crippen LogP contribution is -2.21. The molecular weight excluding hydrogens is 288 g/mol. The van der Waals surface area contributed by atoms with E-state index in [1.54, 1.807) is 12.1 Å². The number of benzene rings is 2. The van der Waals surface area contributed by atoms with Gasteiger partial charge in [-0.3, -0.25) is 4.79 Å². The molecule has 0 bridgehead atoms. The molecule has 118 valence electrons. The summed E-state index contributed by atoms with van der Waals surface area (Å²) in [6, 6.07) is 13.0. The van der Waals surface area contributed by atoms with Gasteiger partial charge in [-0.15, -0.1) is 0 Å². The van der Waals surface area contributed by atoms with Gasteiger partial charge in [0.05, 0.1) is 12.0 Å². The Kier molecular flexibility index (Phi) is 4.20. The van der Waals surface area contributed by atoms with Crippen molar-refractivity contribution < 1.29 is 14.6 Å². The number of rotatable bonds is 3. The Labute approximate surface area is 136 Å². The van der Waals surface area contributed by atoms with E-state index in [9.17, 15) is 9.90 Å². The Bertz CT molecular complexity index is 756. The molecule has 1 aliphatic rings. The highest BCUT2D eigenvalue weighted by Gasteiger charge is 2.30. The molecule has 3 nitrogen and oxygen atoms in total. The van der Waals surface area contributed by atoms with Crippen molar-refractivity contribution in [2.75, 3.05) is 0 Å². The highest BCUT2D eigenvalue weighted by molar-refractivity contribution is 6.00. The van der Waals surface area contributed by atoms with Crippen LogP contribution in [-0.2, 0) is 6.42 Å². The van der Waals surface area contributed by atoms with E-state index in [1.165, 1.54) is 0 Å². The van der Waals surface area contributed by atoms with Crippen LogP contribution in [0.15, 0.2) is 54.1 Å². The van der Waals surface area contributed by atoms with Crippen molar-refractivity contribution in [1.29, 1.82) is 0 Å². The molecule has 1 heterocycles. The fourth-order valence-corrected chi connectivity index (χ4v) is 2.79. The molecule has 3 rings (SSSR count). The predicted octanol–water partition coefficient (Wildman–Crippen LogP) is 4.61. The van der Waals surface area contributed by atoms with Gasteiger partial charge in [0.15, 0.2) is 5.78 Å². The van der Waals surface area contributed by atoms with Gasteiger partial charge in [-0.05, 0) is 38.0 Å². The van der Waals surface area contributed by atoms with E-state index in [1.807, 2.05) is 50.3 Å². The monoisotopic (exact) mass is 308 g/mol. The van der Waals surface area contributed by atoms with E-state index in [0.717, 1.165) is 11.1 Å². The van der Waals surface area contributed by atoms with E-state index < -0.39 is 0 Å². The van der Waals surface area contributed by atoms with E-state index in [0.29, 0.717) is 29.7 Å². The number of ether oxygens (including phenoxy) is 1. The first-order chi connectivity index (χ1) is 11.1. The van der Waals surface area contributed by atoms with Crippen molar-refractivity contribution >= 4 is 5.78 Å². The maximum Gasteiger partial charge on any atom is 0.170 e. The van der Waals surface area contributed by atoms with Crippen molar-refractivity contribution in [3.63, 3.8) is 0 Å². The normalized spacial score (nSPS) is 16.4. The van der Waals surface area contributed by atoms with E-state index in [-0.39, 0.29) is 17.6 Å². The fourth-order valence-electron chi connectivity index (χ4n) is 2.79. The third-order valence-corrected chi connectivity index (χ3v) is 4.05. The van der Waals surface area contributed by atoms with Crippen LogP contribution < -0.4 is 4.74 Å². The second-order valence-corrected chi connectivity index (χ2v) is 6.07. The molecule has 0 amide bonds. The van der Waals surface area contributed by atoms with Gasteiger partial charge in [-0.1, -0.05) is 42.0 Å². The third-order valence-electron chi connectivity index (χ3n) is 4.05. The molecule has 2 aromatic rings. The number of allylic oxidation sites excluding steroid dienone is 2. The lowest BCUT2D eigenvalue weighted by atomic mass is 9.93. The first kappa shape index (κ1) is 15.3. The van der Waals surface area contributed by atoms with Crippen LogP contribution in [-0.4, -0.2) is 10.9 Å². The highest BCUT2D eigenvalue weighted by Crippen LogP contribution is 2.41. The van der Waals surface area contributed by atoms with Crippen LogP contribution in [0.25, 0.3) is 0 Å². The molecule has 1 atom stereocenters. The van der Waals surface area contributed by atoms with Crippen molar-refractivity contribution in [3.05, 3.63) is 70.8 Å². The first-order valence-electron chi connectivity index (χ1n) is 7.79. The van der Waals surface area contributed by atoms with Crippen LogP contribution in [0.1, 0.15) is 47.9 Å². The Morgan fingerprint density at radius 3 is 2.65 bits per heavy atom. The number of phenolic OH excluding ortho intramolecular Hbond substituents is 1. The van der Waals surface area contributed by atoms with Crippen molar-refractivity contribution in [2.45, 2.75) is 32.8 Å². The van der Waals surface area contributed by atoms with Gasteiger partial charge in [-0.2, -0.15) is 0 Å². The topological polar surface area (TPSA) is 46.5 Å². The van der Waals surface area contributed by atoms with E-state index in [2.05, 4.69) is 0 Å². The number of Topliss-reactive ketones (excluding diaryl/α,β-unsaturated/α-hetero) is 1. The Morgan fingerprint density at radius 1 is 1.22 bits per heavy atom. The average Bonchev–Trinajstić information content (AvgIpc) is 2.54. The molecule has 23 heavy (non-hydrogen) atoms. The Hall–Kier alpha value is -2.55. The lowest BCUT2D eigenvalue weighted by Gasteiger charge is -2.27. The number of carbonyl (C=O) groups is 1. The van der Waals surface area contributed by atoms with Gasteiger partial charge in [0.1, 0.15) is 17.6 Å². The summed E-state index contributed by atoms with van der Waals surface area (Å²) in [4.78, 5) is 12.5. The number of carbonyl (C=O) groups excluding carboxylic acids is 1. The fraction of sp³-hybridized carbons (Fsp3) is 0.250. The summed E-state index contributed by atoms with van der Waals surface area (Å²) in [5, 5.41) is 10.2. The summed E-state index contributed by atoms with van der Waals surface area (Å²) in [6.45, 7) is 4.01. The SMILES string of the molecule is CC(C)=CCc1c(O)ccc2c1O[C@@H](c1ccccc1)CC2=O. The maximum absolute atomic E-state index is 12.5. The number of ketones is 1. The van der Waals surface area contributed by atoms with Crippen LogP contribution in [0.4, 0.5) is 0 Å². The quantitative estimate of drug-likeness (QED) is 0.842. The predicted molar refractivity (Wildman–Crippen MR) is 90.0 cm³/mol. The van der Waals surface area contributed by atoms with Crippen molar-refractivity contribution in [1.82, 2.24) is 0 Å². The van der Waals surface area contributed by atoms with Crippen molar-refractivity contribution in [2.24, 2.45) is 0 Å². The molecule has 1 N–H and O–H groups in total. The summed E-state index contributed by atoms with van der Waals surface area (Å²) in [6.07, 6.45) is 2.59. The lowest BCUT2D eigenvalue weighted by molar-refractivity contribution is 0.0847. The van der Waals surface area contributed by atoms with E-state index >= 15 is 0 Å². The molecule has 0 saturated carbocycles. The minimum absolute atomic E-state index is 0.0542. The maximum atomic E-state index is 12.5. The minimum Gasteiger partial charge on any atom is -0.508 e. The van der Waals surface area contributed by atoms with Crippen LogP contribution in [0.2, 0.25) is 0 Å².